The number of thiol groups is 1. The number of carbonyl (C=O) groups excluding carboxylic acids is 6. The Labute approximate surface area is 418 Å². The topological polar surface area (TPSA) is 325 Å². The summed E-state index contributed by atoms with van der Waals surface area (Å²) >= 11 is 4.09. The maximum atomic E-state index is 14.5. The first-order valence-electron chi connectivity index (χ1n) is 23.4. The summed E-state index contributed by atoms with van der Waals surface area (Å²) in [7, 11) is 0. The maximum Gasteiger partial charge on any atom is 0.326 e. The minimum atomic E-state index is -1.44. The fraction of sp³-hybridized carbons (Fsp3) is 0.392. The van der Waals surface area contributed by atoms with Crippen molar-refractivity contribution in [1.29, 1.82) is 0 Å². The number of hydrogen-bond acceptors (Lipinski definition) is 13. The highest BCUT2D eigenvalue weighted by Crippen LogP contribution is 2.17. The molecule has 0 aliphatic carbocycles. The number of phenols is 3. The number of benzene rings is 4. The number of phenolic OH excluding ortho intramolecular Hbond substituents is 3. The summed E-state index contributed by atoms with van der Waals surface area (Å²) in [5, 5.41) is 56.2. The number of unbranched alkanes of at least 4 members (excludes halogenated alkanes) is 1. The van der Waals surface area contributed by atoms with Crippen molar-refractivity contribution >= 4 is 54.0 Å². The van der Waals surface area contributed by atoms with Gasteiger partial charge in [-0.15, -0.1) is 0 Å². The molecule has 0 heterocycles. The molecule has 0 unspecified atom stereocenters. The van der Waals surface area contributed by atoms with Crippen LogP contribution in [0.1, 0.15) is 61.8 Å². The van der Waals surface area contributed by atoms with E-state index in [9.17, 15) is 54.0 Å². The van der Waals surface area contributed by atoms with Gasteiger partial charge in [0.05, 0.1) is 6.04 Å². The van der Waals surface area contributed by atoms with Crippen LogP contribution < -0.4 is 43.4 Å². The zero-order valence-electron chi connectivity index (χ0n) is 39.8. The fourth-order valence-corrected chi connectivity index (χ4v) is 7.60. The molecule has 0 radical (unpaired) electrons. The molecule has 382 valence electrons. The molecule has 4 aromatic carbocycles. The van der Waals surface area contributed by atoms with Gasteiger partial charge in [0.15, 0.2) is 0 Å². The number of nitrogens with two attached hydrogens (primary N) is 2. The predicted molar refractivity (Wildman–Crippen MR) is 269 cm³/mol. The summed E-state index contributed by atoms with van der Waals surface area (Å²) in [5.41, 5.74) is 13.8. The zero-order valence-corrected chi connectivity index (χ0v) is 40.6. The molecule has 0 fully saturated rings. The molecule has 0 bridgehead atoms. The second kappa shape index (κ2) is 28.5. The maximum absolute atomic E-state index is 14.5. The van der Waals surface area contributed by atoms with Gasteiger partial charge in [0.2, 0.25) is 35.4 Å². The molecule has 20 heteroatoms. The first kappa shape index (κ1) is 56.4. The molecule has 0 spiro atoms. The molecule has 19 nitrogen and oxygen atoms in total. The summed E-state index contributed by atoms with van der Waals surface area (Å²) < 4.78 is 0. The number of hydrogen-bond donors (Lipinski definition) is 13. The number of aromatic hydroxyl groups is 3. The Kier molecular flexibility index (Phi) is 22.6. The van der Waals surface area contributed by atoms with Crippen LogP contribution in [0.4, 0.5) is 0 Å². The number of rotatable bonds is 28. The molecule has 0 saturated heterocycles. The summed E-state index contributed by atoms with van der Waals surface area (Å²) in [4.78, 5) is 96.9. The first-order chi connectivity index (χ1) is 33.9. The molecular weight excluding hydrogens is 933 g/mol. The van der Waals surface area contributed by atoms with E-state index in [2.05, 4.69) is 44.5 Å². The van der Waals surface area contributed by atoms with Gasteiger partial charge in [0, 0.05) is 31.4 Å². The largest absolute Gasteiger partial charge is 0.508 e. The van der Waals surface area contributed by atoms with Crippen molar-refractivity contribution in [3.63, 3.8) is 0 Å². The minimum absolute atomic E-state index is 0.00967. The quantitative estimate of drug-likeness (QED) is 0.0284. The van der Waals surface area contributed by atoms with Gasteiger partial charge in [-0.1, -0.05) is 87.0 Å². The lowest BCUT2D eigenvalue weighted by Gasteiger charge is -2.29. The van der Waals surface area contributed by atoms with E-state index in [0.717, 1.165) is 0 Å². The number of carbonyl (C=O) groups is 7. The Morgan fingerprint density at radius 2 is 0.873 bits per heavy atom. The SMILES string of the molecule is CC[C@H](C)[C@H](NC(=O)[C@H](N)CS)C(=O)N[C@@H](Cc1ccc(O)cc1)C(=O)N[C@@H](CCCCN)C(=O)N[C@@H](Cc1ccc(O)cc1)C(=O)N[C@@H](Cc1ccc(O)cc1)C(=O)N[C@@H](Cc1ccccc1)C(=O)O. The first-order valence-corrected chi connectivity index (χ1v) is 24.0. The summed E-state index contributed by atoms with van der Waals surface area (Å²) in [6, 6.07) is 17.2. The van der Waals surface area contributed by atoms with Gasteiger partial charge in [-0.3, -0.25) is 28.8 Å². The number of nitrogens with one attached hydrogen (secondary N) is 6. The zero-order chi connectivity index (χ0) is 52.0. The third-order valence-corrected chi connectivity index (χ3v) is 12.2. The average Bonchev–Trinajstić information content (AvgIpc) is 3.35. The Morgan fingerprint density at radius 1 is 0.507 bits per heavy atom. The normalized spacial score (nSPS) is 14.4. The minimum Gasteiger partial charge on any atom is -0.508 e. The lowest BCUT2D eigenvalue weighted by Crippen LogP contribution is -2.61. The number of aliphatic carboxylic acids is 1. The lowest BCUT2D eigenvalue weighted by molar-refractivity contribution is -0.142. The number of amides is 6. The summed E-state index contributed by atoms with van der Waals surface area (Å²) in [5.74, 6) is -6.53. The van der Waals surface area contributed by atoms with Crippen LogP contribution in [-0.4, -0.2) is 116 Å². The van der Waals surface area contributed by atoms with Crippen LogP contribution >= 0.6 is 12.6 Å². The van der Waals surface area contributed by atoms with Crippen molar-refractivity contribution in [2.75, 3.05) is 12.3 Å². The molecule has 6 amide bonds. The van der Waals surface area contributed by atoms with Crippen LogP contribution in [0.5, 0.6) is 17.2 Å². The van der Waals surface area contributed by atoms with Gasteiger partial charge in [-0.05, 0) is 90.4 Å². The molecular formula is C51H66N8O11S. The third kappa shape index (κ3) is 18.6. The molecule has 14 N–H and O–H groups in total. The van der Waals surface area contributed by atoms with Crippen LogP contribution in [0.25, 0.3) is 0 Å². The molecule has 0 aliphatic heterocycles. The molecule has 4 aromatic rings. The van der Waals surface area contributed by atoms with E-state index < -0.39 is 89.6 Å². The third-order valence-electron chi connectivity index (χ3n) is 11.8. The van der Waals surface area contributed by atoms with E-state index >= 15 is 0 Å². The number of carboxylic acid groups (broad SMARTS) is 1. The van der Waals surface area contributed by atoms with Crippen LogP contribution in [-0.2, 0) is 59.2 Å². The van der Waals surface area contributed by atoms with E-state index in [1.54, 1.807) is 49.4 Å². The van der Waals surface area contributed by atoms with Crippen molar-refractivity contribution < 1.29 is 54.0 Å². The van der Waals surface area contributed by atoms with E-state index in [1.807, 2.05) is 6.92 Å². The molecule has 4 rings (SSSR count). The van der Waals surface area contributed by atoms with E-state index in [4.69, 9.17) is 11.5 Å². The Balaban J connectivity index is 1.67. The van der Waals surface area contributed by atoms with Crippen molar-refractivity contribution in [3.05, 3.63) is 125 Å². The fourth-order valence-electron chi connectivity index (χ4n) is 7.44. The highest BCUT2D eigenvalue weighted by Gasteiger charge is 2.35. The average molecular weight is 999 g/mol. The monoisotopic (exact) mass is 998 g/mol. The van der Waals surface area contributed by atoms with Gasteiger partial charge in [-0.25, -0.2) is 4.79 Å². The van der Waals surface area contributed by atoms with Crippen molar-refractivity contribution in [3.8, 4) is 17.2 Å². The van der Waals surface area contributed by atoms with Crippen LogP contribution in [0.3, 0.4) is 0 Å². The van der Waals surface area contributed by atoms with E-state index in [0.29, 0.717) is 41.5 Å². The van der Waals surface area contributed by atoms with Crippen molar-refractivity contribution in [1.82, 2.24) is 31.9 Å². The molecule has 0 aromatic heterocycles. The second-order valence-corrected chi connectivity index (χ2v) is 17.8. The molecule has 0 aliphatic rings. The van der Waals surface area contributed by atoms with Gasteiger partial charge >= 0.3 is 5.97 Å². The van der Waals surface area contributed by atoms with Crippen molar-refractivity contribution in [2.24, 2.45) is 17.4 Å². The number of carboxylic acids is 1. The lowest BCUT2D eigenvalue weighted by atomic mass is 9.96. The Bertz CT molecular complexity index is 2380. The Morgan fingerprint density at radius 3 is 1.27 bits per heavy atom. The van der Waals surface area contributed by atoms with Crippen molar-refractivity contribution in [2.45, 2.75) is 108 Å². The van der Waals surface area contributed by atoms with Crippen LogP contribution in [0.15, 0.2) is 103 Å². The van der Waals surface area contributed by atoms with Gasteiger partial charge in [-0.2, -0.15) is 12.6 Å². The van der Waals surface area contributed by atoms with Gasteiger partial charge in [0.1, 0.15) is 53.5 Å². The van der Waals surface area contributed by atoms with Gasteiger partial charge < -0.3 is 63.8 Å². The van der Waals surface area contributed by atoms with Crippen LogP contribution in [0, 0.1) is 5.92 Å². The predicted octanol–water partition coefficient (Wildman–Crippen LogP) is 1.50. The summed E-state index contributed by atoms with van der Waals surface area (Å²) in [6.07, 6.45) is 0.754. The van der Waals surface area contributed by atoms with E-state index in [1.165, 1.54) is 60.7 Å². The smallest absolute Gasteiger partial charge is 0.326 e. The Hall–Kier alpha value is -7.16. The standard InChI is InChI=1S/C51H66N8O11S/c1-3-30(2)44(59-45(63)38(53)29-71)50(68)57-42(27-34-16-22-37(62)23-17-34)47(65)54-39(11-7-8-24-52)46(64)55-40(25-32-12-18-35(60)19-13-32)48(66)56-41(26-33-14-20-36(61)21-15-33)49(67)58-43(51(69)70)28-31-9-5-4-6-10-31/h4-6,9-10,12-23,30,38-44,60-62,71H,3,7-8,11,24-29,52-53H2,1-2H3,(H,54,65)(H,55,64)(H,56,66)(H,57,68)(H,58,67)(H,59,63)(H,69,70)/t30-,38+,39-,40-,41-,42-,43-,44-/m0/s1. The molecule has 0 saturated carbocycles. The summed E-state index contributed by atoms with van der Waals surface area (Å²) in [6.45, 7) is 3.82. The van der Waals surface area contributed by atoms with E-state index in [-0.39, 0.29) is 61.7 Å². The van der Waals surface area contributed by atoms with Gasteiger partial charge in [0.25, 0.3) is 0 Å². The van der Waals surface area contributed by atoms with Crippen LogP contribution in [0.2, 0.25) is 0 Å². The molecule has 71 heavy (non-hydrogen) atoms. The second-order valence-electron chi connectivity index (χ2n) is 17.4. The molecule has 8 atom stereocenters. The highest BCUT2D eigenvalue weighted by atomic mass is 32.1. The highest BCUT2D eigenvalue weighted by molar-refractivity contribution is 7.80.